The number of carbonyl (C=O) groups is 1. The Hall–Kier alpha value is -1.69. The predicted molar refractivity (Wildman–Crippen MR) is 101 cm³/mol. The number of carbonyl (C=O) groups excluding carboxylic acids is 1. The Morgan fingerprint density at radius 1 is 1.36 bits per heavy atom. The third kappa shape index (κ3) is 5.96. The van der Waals surface area contributed by atoms with Gasteiger partial charge in [0.1, 0.15) is 0 Å². The van der Waals surface area contributed by atoms with Crippen molar-refractivity contribution in [2.45, 2.75) is 29.5 Å². The molecule has 0 aliphatic heterocycles. The van der Waals surface area contributed by atoms with Crippen molar-refractivity contribution in [2.75, 3.05) is 22.9 Å². The summed E-state index contributed by atoms with van der Waals surface area (Å²) in [5.74, 6) is -0.131. The predicted octanol–water partition coefficient (Wildman–Crippen LogP) is 2.05. The number of rotatable bonds is 8. The van der Waals surface area contributed by atoms with Gasteiger partial charge in [0.2, 0.25) is 21.1 Å². The van der Waals surface area contributed by atoms with E-state index in [1.54, 1.807) is 19.1 Å². The van der Waals surface area contributed by atoms with Gasteiger partial charge in [0.25, 0.3) is 0 Å². The third-order valence-electron chi connectivity index (χ3n) is 3.04. The van der Waals surface area contributed by atoms with Crippen LogP contribution in [0, 0.1) is 6.92 Å². The van der Waals surface area contributed by atoms with Crippen molar-refractivity contribution in [3.05, 3.63) is 23.8 Å². The van der Waals surface area contributed by atoms with Crippen molar-refractivity contribution < 1.29 is 13.2 Å². The number of thioether (sulfide) groups is 1. The van der Waals surface area contributed by atoms with Gasteiger partial charge in [0.15, 0.2) is 4.34 Å². The minimum Gasteiger partial charge on any atom is -0.360 e. The molecule has 0 fully saturated rings. The largest absolute Gasteiger partial charge is 0.360 e. The number of anilines is 2. The lowest BCUT2D eigenvalue weighted by molar-refractivity contribution is -0.113. The van der Waals surface area contributed by atoms with Crippen LogP contribution >= 0.6 is 23.1 Å². The highest BCUT2D eigenvalue weighted by molar-refractivity contribution is 8.01. The summed E-state index contributed by atoms with van der Waals surface area (Å²) in [5.41, 5.74) is 0.902. The summed E-state index contributed by atoms with van der Waals surface area (Å²) < 4.78 is 23.7. The number of sulfonamides is 1. The average Bonchev–Trinajstić information content (AvgIpc) is 2.99. The van der Waals surface area contributed by atoms with Crippen LogP contribution in [0.4, 0.5) is 10.8 Å². The first-order valence-electron chi connectivity index (χ1n) is 7.43. The Morgan fingerprint density at radius 2 is 2.12 bits per heavy atom. The van der Waals surface area contributed by atoms with Gasteiger partial charge in [-0.1, -0.05) is 36.1 Å². The minimum absolute atomic E-state index is 0.00582. The van der Waals surface area contributed by atoms with Crippen LogP contribution in [-0.2, 0) is 14.8 Å². The fraction of sp³-hybridized carbons (Fsp3) is 0.357. The maximum absolute atomic E-state index is 12.0. The molecule has 1 aromatic heterocycles. The fourth-order valence-electron chi connectivity index (χ4n) is 1.88. The Balaban J connectivity index is 1.93. The van der Waals surface area contributed by atoms with Gasteiger partial charge in [0, 0.05) is 12.2 Å². The zero-order valence-electron chi connectivity index (χ0n) is 13.8. The highest BCUT2D eigenvalue weighted by Crippen LogP contribution is 2.26. The topological polar surface area (TPSA) is 127 Å². The van der Waals surface area contributed by atoms with Crippen LogP contribution in [0.5, 0.6) is 0 Å². The summed E-state index contributed by atoms with van der Waals surface area (Å²) in [6.07, 6.45) is 0.988. The van der Waals surface area contributed by atoms with Crippen molar-refractivity contribution in [1.82, 2.24) is 10.2 Å². The molecule has 0 saturated carbocycles. The van der Waals surface area contributed by atoms with E-state index in [1.807, 2.05) is 0 Å². The molecule has 0 unspecified atom stereocenters. The van der Waals surface area contributed by atoms with Crippen LogP contribution in [0.15, 0.2) is 27.4 Å². The summed E-state index contributed by atoms with van der Waals surface area (Å²) in [5, 5.41) is 19.7. The van der Waals surface area contributed by atoms with E-state index >= 15 is 0 Å². The molecule has 2 aromatic rings. The molecule has 136 valence electrons. The molecular formula is C14H19N5O3S3. The number of nitrogens with one attached hydrogen (secondary N) is 2. The lowest BCUT2D eigenvalue weighted by atomic mass is 10.2. The molecular weight excluding hydrogens is 382 g/mol. The zero-order chi connectivity index (χ0) is 18.4. The first-order chi connectivity index (χ1) is 11.8. The number of nitrogens with zero attached hydrogens (tertiary/aromatic N) is 2. The van der Waals surface area contributed by atoms with Gasteiger partial charge in [-0.05, 0) is 31.0 Å². The summed E-state index contributed by atoms with van der Waals surface area (Å²) >= 11 is 2.65. The normalized spacial score (nSPS) is 11.3. The second-order valence-electron chi connectivity index (χ2n) is 5.16. The maximum atomic E-state index is 12.0. The summed E-state index contributed by atoms with van der Waals surface area (Å²) in [4.78, 5) is 12.0. The van der Waals surface area contributed by atoms with E-state index in [1.165, 1.54) is 29.2 Å². The standard InChI is InChI=1S/C14H19N5O3S3/c1-3-6-16-13-18-19-14(24-13)23-8-12(20)17-10-5-4-9(2)11(7-10)25(15,21)22/h4-5,7H,3,6,8H2,1-2H3,(H,16,18)(H,17,20)(H2,15,21,22). The van der Waals surface area contributed by atoms with Crippen LogP contribution < -0.4 is 15.8 Å². The Morgan fingerprint density at radius 3 is 2.80 bits per heavy atom. The first-order valence-corrected chi connectivity index (χ1v) is 10.8. The Labute approximate surface area is 154 Å². The number of amides is 1. The van der Waals surface area contributed by atoms with Crippen LogP contribution in [0.1, 0.15) is 18.9 Å². The number of hydrogen-bond donors (Lipinski definition) is 3. The second-order valence-corrected chi connectivity index (χ2v) is 8.89. The van der Waals surface area contributed by atoms with Crippen LogP contribution in [-0.4, -0.2) is 36.8 Å². The van der Waals surface area contributed by atoms with Gasteiger partial charge >= 0.3 is 0 Å². The molecule has 0 atom stereocenters. The SMILES string of the molecule is CCCNc1nnc(SCC(=O)Nc2ccc(C)c(S(N)(=O)=O)c2)s1. The third-order valence-corrected chi connectivity index (χ3v) is 6.11. The van der Waals surface area contributed by atoms with Crippen LogP contribution in [0.2, 0.25) is 0 Å². The van der Waals surface area contributed by atoms with Crippen molar-refractivity contribution in [3.63, 3.8) is 0 Å². The molecule has 0 saturated heterocycles. The van der Waals surface area contributed by atoms with E-state index in [0.29, 0.717) is 15.6 Å². The van der Waals surface area contributed by atoms with Gasteiger partial charge in [-0.15, -0.1) is 10.2 Å². The highest BCUT2D eigenvalue weighted by Gasteiger charge is 2.14. The monoisotopic (exact) mass is 401 g/mol. The number of nitrogens with two attached hydrogens (primary N) is 1. The summed E-state index contributed by atoms with van der Waals surface area (Å²) in [6.45, 7) is 4.51. The molecule has 0 aliphatic carbocycles. The summed E-state index contributed by atoms with van der Waals surface area (Å²) in [6, 6.07) is 4.58. The zero-order valence-corrected chi connectivity index (χ0v) is 16.2. The smallest absolute Gasteiger partial charge is 0.238 e. The van der Waals surface area contributed by atoms with Gasteiger partial charge in [0.05, 0.1) is 10.6 Å². The molecule has 0 bridgehead atoms. The van der Waals surface area contributed by atoms with Gasteiger partial charge < -0.3 is 10.6 Å². The van der Waals surface area contributed by atoms with E-state index < -0.39 is 10.0 Å². The molecule has 2 rings (SSSR count). The average molecular weight is 402 g/mol. The molecule has 0 aliphatic rings. The van der Waals surface area contributed by atoms with E-state index in [0.717, 1.165) is 18.1 Å². The Bertz CT molecular complexity index is 851. The van der Waals surface area contributed by atoms with E-state index in [9.17, 15) is 13.2 Å². The Kier molecular flexibility index (Phi) is 6.76. The second kappa shape index (κ2) is 8.61. The van der Waals surface area contributed by atoms with Crippen molar-refractivity contribution >= 4 is 49.8 Å². The highest BCUT2D eigenvalue weighted by atomic mass is 32.2. The molecule has 0 radical (unpaired) electrons. The van der Waals surface area contributed by atoms with Gasteiger partial charge in [-0.3, -0.25) is 4.79 Å². The number of primary sulfonamides is 1. The van der Waals surface area contributed by atoms with Crippen molar-refractivity contribution in [1.29, 1.82) is 0 Å². The fourth-order valence-corrected chi connectivity index (χ4v) is 4.27. The van der Waals surface area contributed by atoms with Crippen molar-refractivity contribution in [2.24, 2.45) is 5.14 Å². The lowest BCUT2D eigenvalue weighted by Gasteiger charge is -2.08. The van der Waals surface area contributed by atoms with Crippen molar-refractivity contribution in [3.8, 4) is 0 Å². The minimum atomic E-state index is -3.83. The lowest BCUT2D eigenvalue weighted by Crippen LogP contribution is -2.17. The molecule has 25 heavy (non-hydrogen) atoms. The summed E-state index contributed by atoms with van der Waals surface area (Å²) in [7, 11) is -3.83. The van der Waals surface area contributed by atoms with Gasteiger partial charge in [-0.2, -0.15) is 0 Å². The number of aryl methyl sites for hydroxylation is 1. The van der Waals surface area contributed by atoms with Crippen LogP contribution in [0.3, 0.4) is 0 Å². The van der Waals surface area contributed by atoms with Crippen LogP contribution in [0.25, 0.3) is 0 Å². The quantitative estimate of drug-likeness (QED) is 0.578. The maximum Gasteiger partial charge on any atom is 0.238 e. The number of hydrogen-bond acceptors (Lipinski definition) is 8. The number of benzene rings is 1. The molecule has 4 N–H and O–H groups in total. The first kappa shape index (κ1) is 19.6. The molecule has 1 amide bonds. The molecule has 0 spiro atoms. The number of aromatic nitrogens is 2. The molecule has 11 heteroatoms. The van der Waals surface area contributed by atoms with Gasteiger partial charge in [-0.25, -0.2) is 13.6 Å². The molecule has 1 heterocycles. The molecule has 1 aromatic carbocycles. The van der Waals surface area contributed by atoms with E-state index in [-0.39, 0.29) is 16.6 Å². The van der Waals surface area contributed by atoms with E-state index in [4.69, 9.17) is 5.14 Å². The molecule has 8 nitrogen and oxygen atoms in total. The van der Waals surface area contributed by atoms with E-state index in [2.05, 4.69) is 27.8 Å².